The minimum atomic E-state index is 0.168. The fraction of sp³-hybridized carbons (Fsp3) is 0.407. The lowest BCUT2D eigenvalue weighted by Gasteiger charge is -2.28. The predicted octanol–water partition coefficient (Wildman–Crippen LogP) is 2.67. The van der Waals surface area contributed by atoms with E-state index >= 15 is 0 Å². The Labute approximate surface area is 217 Å². The number of ether oxygens (including phenoxy) is 1. The molecule has 0 bridgehead atoms. The summed E-state index contributed by atoms with van der Waals surface area (Å²) in [7, 11) is 0. The number of nitrogens with two attached hydrogens (primary N) is 1. The molecule has 0 saturated carbocycles. The van der Waals surface area contributed by atoms with Crippen molar-refractivity contribution in [3.63, 3.8) is 0 Å². The Bertz CT molecular complexity index is 1230. The number of phenols is 1. The topological polar surface area (TPSA) is 117 Å². The van der Waals surface area contributed by atoms with Gasteiger partial charge in [-0.15, -0.1) is 10.2 Å². The summed E-state index contributed by atoms with van der Waals surface area (Å²) in [5.74, 6) is 2.19. The number of aromatic nitrogens is 4. The van der Waals surface area contributed by atoms with Gasteiger partial charge in [-0.05, 0) is 43.7 Å². The molecule has 2 aliphatic rings. The van der Waals surface area contributed by atoms with Crippen LogP contribution in [0.1, 0.15) is 19.2 Å². The van der Waals surface area contributed by atoms with Crippen molar-refractivity contribution in [1.82, 2.24) is 25.1 Å². The molecule has 5 rings (SSSR count). The van der Waals surface area contributed by atoms with Gasteiger partial charge in [-0.3, -0.25) is 4.90 Å². The molecule has 0 unspecified atom stereocenters. The summed E-state index contributed by atoms with van der Waals surface area (Å²) in [6.45, 7) is 8.96. The third kappa shape index (κ3) is 5.98. The van der Waals surface area contributed by atoms with Gasteiger partial charge in [0.1, 0.15) is 11.6 Å². The molecular formula is C27H34N8O2. The molecule has 194 valence electrons. The van der Waals surface area contributed by atoms with Crippen LogP contribution in [-0.2, 0) is 4.74 Å². The third-order valence-corrected chi connectivity index (χ3v) is 6.97. The summed E-state index contributed by atoms with van der Waals surface area (Å²) in [5.41, 5.74) is 8.32. The van der Waals surface area contributed by atoms with Crippen molar-refractivity contribution in [1.29, 1.82) is 0 Å². The third-order valence-electron chi connectivity index (χ3n) is 6.97. The van der Waals surface area contributed by atoms with E-state index in [9.17, 15) is 5.11 Å². The van der Waals surface area contributed by atoms with Gasteiger partial charge in [-0.1, -0.05) is 18.2 Å². The predicted molar refractivity (Wildman–Crippen MR) is 146 cm³/mol. The first kappa shape index (κ1) is 24.9. The minimum absolute atomic E-state index is 0.168. The van der Waals surface area contributed by atoms with Crippen LogP contribution in [0, 0.1) is 0 Å². The number of nitrogens with zero attached hydrogens (tertiary/aromatic N) is 7. The average Bonchev–Trinajstić information content (AvgIpc) is 3.12. The molecule has 0 radical (unpaired) electrons. The first-order valence-corrected chi connectivity index (χ1v) is 12.8. The van der Waals surface area contributed by atoms with E-state index in [2.05, 4.69) is 42.9 Å². The van der Waals surface area contributed by atoms with E-state index in [1.807, 2.05) is 36.5 Å². The van der Waals surface area contributed by atoms with Crippen molar-refractivity contribution in [3.8, 4) is 17.0 Å². The molecule has 2 fully saturated rings. The van der Waals surface area contributed by atoms with Crippen LogP contribution in [0.2, 0.25) is 0 Å². The molecule has 2 aliphatic heterocycles. The van der Waals surface area contributed by atoms with E-state index in [0.29, 0.717) is 28.9 Å². The van der Waals surface area contributed by atoms with Crippen LogP contribution in [0.4, 0.5) is 17.3 Å². The molecular weight excluding hydrogens is 468 g/mol. The quantitative estimate of drug-likeness (QED) is 0.521. The van der Waals surface area contributed by atoms with E-state index < -0.39 is 0 Å². The number of benzene rings is 1. The molecule has 0 spiro atoms. The number of para-hydroxylation sites is 1. The summed E-state index contributed by atoms with van der Waals surface area (Å²) < 4.78 is 5.42. The van der Waals surface area contributed by atoms with E-state index in [1.54, 1.807) is 12.1 Å². The molecule has 3 aromatic rings. The Morgan fingerprint density at radius 3 is 2.76 bits per heavy atom. The van der Waals surface area contributed by atoms with Crippen molar-refractivity contribution in [2.45, 2.75) is 19.4 Å². The second kappa shape index (κ2) is 11.5. The smallest absolute Gasteiger partial charge is 0.169 e. The number of hydrogen-bond acceptors (Lipinski definition) is 10. The number of rotatable bonds is 6. The highest BCUT2D eigenvalue weighted by Gasteiger charge is 2.24. The molecule has 37 heavy (non-hydrogen) atoms. The van der Waals surface area contributed by atoms with Crippen LogP contribution < -0.4 is 15.5 Å². The van der Waals surface area contributed by atoms with Gasteiger partial charge < -0.3 is 25.4 Å². The standard InChI is InChI=1S/C27H34N8O2/c1-20-9-12-34(23-19-22(31-32-27(23)28)21-5-2-3-6-24(21)36)13-14-35(20)26-8-10-29-25(30-26)7-4-11-33-15-17-37-18-16-33/h2-8,10,19-20,36H,9,11-18H2,1H3,(H2,28,32)/b7-4+/t20-/m0/s1. The monoisotopic (exact) mass is 502 g/mol. The van der Waals surface area contributed by atoms with Crippen molar-refractivity contribution < 1.29 is 9.84 Å². The summed E-state index contributed by atoms with van der Waals surface area (Å²) >= 11 is 0. The number of aromatic hydroxyl groups is 1. The summed E-state index contributed by atoms with van der Waals surface area (Å²) in [5, 5.41) is 18.7. The van der Waals surface area contributed by atoms with Crippen molar-refractivity contribution in [3.05, 3.63) is 54.5 Å². The fourth-order valence-electron chi connectivity index (χ4n) is 4.80. The van der Waals surface area contributed by atoms with Crippen molar-refractivity contribution in [2.75, 3.05) is 68.0 Å². The number of nitrogen functional groups attached to an aromatic ring is 1. The highest BCUT2D eigenvalue weighted by atomic mass is 16.5. The van der Waals surface area contributed by atoms with Crippen LogP contribution >= 0.6 is 0 Å². The average molecular weight is 503 g/mol. The zero-order valence-electron chi connectivity index (χ0n) is 21.2. The van der Waals surface area contributed by atoms with E-state index in [1.165, 1.54) is 0 Å². The normalized spacial score (nSPS) is 19.3. The highest BCUT2D eigenvalue weighted by molar-refractivity contribution is 5.74. The lowest BCUT2D eigenvalue weighted by molar-refractivity contribution is 0.0435. The van der Waals surface area contributed by atoms with Crippen molar-refractivity contribution >= 4 is 23.4 Å². The zero-order valence-corrected chi connectivity index (χ0v) is 21.2. The summed E-state index contributed by atoms with van der Waals surface area (Å²) in [4.78, 5) is 16.2. The molecule has 2 saturated heterocycles. The van der Waals surface area contributed by atoms with Gasteiger partial charge >= 0.3 is 0 Å². The van der Waals surface area contributed by atoms with Crippen LogP contribution in [0.3, 0.4) is 0 Å². The Morgan fingerprint density at radius 1 is 1.08 bits per heavy atom. The molecule has 0 aliphatic carbocycles. The zero-order chi connectivity index (χ0) is 25.6. The van der Waals surface area contributed by atoms with Gasteiger partial charge in [-0.25, -0.2) is 9.97 Å². The lowest BCUT2D eigenvalue weighted by atomic mass is 10.1. The molecule has 10 nitrogen and oxygen atoms in total. The first-order valence-electron chi connectivity index (χ1n) is 12.8. The molecule has 0 amide bonds. The van der Waals surface area contributed by atoms with Gasteiger partial charge in [0.15, 0.2) is 11.6 Å². The maximum Gasteiger partial charge on any atom is 0.169 e. The number of phenolic OH excluding ortho intramolecular Hbond substituents is 1. The Kier molecular flexibility index (Phi) is 7.76. The number of anilines is 3. The van der Waals surface area contributed by atoms with Gasteiger partial charge in [0.05, 0.1) is 24.6 Å². The van der Waals surface area contributed by atoms with E-state index in [4.69, 9.17) is 15.5 Å². The van der Waals surface area contributed by atoms with Crippen LogP contribution in [0.5, 0.6) is 5.75 Å². The summed E-state index contributed by atoms with van der Waals surface area (Å²) in [6, 6.07) is 11.3. The van der Waals surface area contributed by atoms with Crippen LogP contribution in [0.25, 0.3) is 17.3 Å². The lowest BCUT2D eigenvalue weighted by Crippen LogP contribution is -2.36. The van der Waals surface area contributed by atoms with Gasteiger partial charge in [0.25, 0.3) is 0 Å². The molecule has 4 heterocycles. The van der Waals surface area contributed by atoms with Crippen LogP contribution in [-0.4, -0.2) is 88.7 Å². The van der Waals surface area contributed by atoms with E-state index in [0.717, 1.165) is 70.4 Å². The molecule has 10 heteroatoms. The van der Waals surface area contributed by atoms with Gasteiger partial charge in [0.2, 0.25) is 0 Å². The van der Waals surface area contributed by atoms with Gasteiger partial charge in [0, 0.05) is 57.1 Å². The second-order valence-corrected chi connectivity index (χ2v) is 9.42. The number of hydrogen-bond donors (Lipinski definition) is 2. The largest absolute Gasteiger partial charge is 0.507 e. The Balaban J connectivity index is 1.29. The fourth-order valence-corrected chi connectivity index (χ4v) is 4.80. The maximum absolute atomic E-state index is 10.3. The van der Waals surface area contributed by atoms with Crippen molar-refractivity contribution in [2.24, 2.45) is 0 Å². The molecule has 1 atom stereocenters. The molecule has 2 aromatic heterocycles. The minimum Gasteiger partial charge on any atom is -0.507 e. The SMILES string of the molecule is C[C@H]1CCN(c2cc(-c3ccccc3O)nnc2N)CCN1c1ccnc(/C=C/CN2CCOCC2)n1. The second-order valence-electron chi connectivity index (χ2n) is 9.42. The Hall–Kier alpha value is -3.76. The van der Waals surface area contributed by atoms with Crippen LogP contribution in [0.15, 0.2) is 48.7 Å². The molecule has 1 aromatic carbocycles. The molecule has 3 N–H and O–H groups in total. The number of morpholine rings is 1. The maximum atomic E-state index is 10.3. The summed E-state index contributed by atoms with van der Waals surface area (Å²) in [6.07, 6.45) is 6.88. The first-order chi connectivity index (χ1) is 18.1. The Morgan fingerprint density at radius 2 is 1.92 bits per heavy atom. The highest BCUT2D eigenvalue weighted by Crippen LogP contribution is 2.32. The van der Waals surface area contributed by atoms with Gasteiger partial charge in [-0.2, -0.15) is 0 Å². The van der Waals surface area contributed by atoms with E-state index in [-0.39, 0.29) is 5.75 Å².